The quantitative estimate of drug-likeness (QED) is 0.300. The number of methoxy groups -OCH3 is 1. The minimum absolute atomic E-state index is 0.0443. The van der Waals surface area contributed by atoms with Crippen molar-refractivity contribution < 1.29 is 32.6 Å². The van der Waals surface area contributed by atoms with Crippen LogP contribution >= 0.6 is 0 Å². The zero-order valence-electron chi connectivity index (χ0n) is 19.2. The smallest absolute Gasteiger partial charge is 0.418 e. The number of amides is 2. The molecule has 4 rings (SSSR count). The summed E-state index contributed by atoms with van der Waals surface area (Å²) in [5.74, 6) is -0.884. The van der Waals surface area contributed by atoms with Gasteiger partial charge in [0, 0.05) is 11.1 Å². The highest BCUT2D eigenvalue weighted by Gasteiger charge is 2.33. The fraction of sp³-hybridized carbons (Fsp3) is 0.111. The molecule has 6 nitrogen and oxygen atoms in total. The van der Waals surface area contributed by atoms with E-state index in [0.717, 1.165) is 16.8 Å². The van der Waals surface area contributed by atoms with Crippen LogP contribution in [-0.4, -0.2) is 24.0 Å². The number of para-hydroxylation sites is 1. The third-order valence-corrected chi connectivity index (χ3v) is 5.72. The number of alkyl halides is 3. The van der Waals surface area contributed by atoms with Gasteiger partial charge in [-0.3, -0.25) is 9.59 Å². The van der Waals surface area contributed by atoms with Crippen LogP contribution in [0.5, 0.6) is 11.5 Å². The number of nitrogens with one attached hydrogen (secondary N) is 2. The number of hydrogen-bond acceptors (Lipinski definition) is 4. The summed E-state index contributed by atoms with van der Waals surface area (Å²) in [4.78, 5) is 25.5. The van der Waals surface area contributed by atoms with Crippen molar-refractivity contribution in [3.05, 3.63) is 95.1 Å². The number of phenolic OH excluding ortho intramolecular Hbond substituents is 1. The first kappa shape index (κ1) is 24.6. The van der Waals surface area contributed by atoms with Crippen molar-refractivity contribution in [2.45, 2.75) is 13.1 Å². The Morgan fingerprint density at radius 1 is 0.833 bits per heavy atom. The molecule has 0 bridgehead atoms. The SMILES string of the molecule is COc1cc(C(=O)Nc2ccccc2C(F)(F)F)ccc1NC(=O)c1ccc2c(C)c(O)ccc2c1. The molecule has 2 amide bonds. The summed E-state index contributed by atoms with van der Waals surface area (Å²) < 4.78 is 45.0. The van der Waals surface area contributed by atoms with Gasteiger partial charge in [-0.25, -0.2) is 0 Å². The first-order valence-corrected chi connectivity index (χ1v) is 10.8. The molecule has 36 heavy (non-hydrogen) atoms. The minimum atomic E-state index is -4.63. The number of aromatic hydroxyl groups is 1. The van der Waals surface area contributed by atoms with E-state index < -0.39 is 23.6 Å². The van der Waals surface area contributed by atoms with E-state index in [4.69, 9.17) is 4.74 Å². The summed E-state index contributed by atoms with van der Waals surface area (Å²) >= 11 is 0. The van der Waals surface area contributed by atoms with Crippen molar-refractivity contribution in [1.29, 1.82) is 0 Å². The Bertz CT molecular complexity index is 1480. The minimum Gasteiger partial charge on any atom is -0.508 e. The van der Waals surface area contributed by atoms with Crippen molar-refractivity contribution in [2.75, 3.05) is 17.7 Å². The second kappa shape index (κ2) is 9.61. The highest BCUT2D eigenvalue weighted by molar-refractivity contribution is 6.09. The Labute approximate surface area is 204 Å². The molecule has 0 spiro atoms. The van der Waals surface area contributed by atoms with Crippen molar-refractivity contribution >= 4 is 34.0 Å². The molecule has 0 aliphatic rings. The Balaban J connectivity index is 1.55. The zero-order valence-corrected chi connectivity index (χ0v) is 19.2. The molecule has 184 valence electrons. The lowest BCUT2D eigenvalue weighted by Gasteiger charge is -2.15. The molecule has 0 atom stereocenters. The standard InChI is InChI=1S/C27H21F3N2O4/c1-15-19-10-7-17(13-16(19)9-12-23(15)33)25(34)32-22-11-8-18(14-24(22)36-2)26(35)31-21-6-4-3-5-20(21)27(28,29)30/h3-14,33H,1-2H3,(H,31,35)(H,32,34). The van der Waals surface area contributed by atoms with Gasteiger partial charge in [0.2, 0.25) is 0 Å². The lowest BCUT2D eigenvalue weighted by atomic mass is 10.0. The van der Waals surface area contributed by atoms with Crippen LogP contribution in [-0.2, 0) is 6.18 Å². The number of benzene rings is 4. The zero-order chi connectivity index (χ0) is 26.0. The van der Waals surface area contributed by atoms with Crippen LogP contribution in [0.15, 0.2) is 72.8 Å². The van der Waals surface area contributed by atoms with Crippen LogP contribution in [0.1, 0.15) is 31.8 Å². The number of carbonyl (C=O) groups excluding carboxylic acids is 2. The number of aryl methyl sites for hydroxylation is 1. The number of phenols is 1. The number of halogens is 3. The van der Waals surface area contributed by atoms with Gasteiger partial charge in [0.1, 0.15) is 11.5 Å². The van der Waals surface area contributed by atoms with Crippen LogP contribution in [0.3, 0.4) is 0 Å². The van der Waals surface area contributed by atoms with Crippen LogP contribution in [0.25, 0.3) is 10.8 Å². The van der Waals surface area contributed by atoms with Crippen LogP contribution in [0.4, 0.5) is 24.5 Å². The number of ether oxygens (including phenoxy) is 1. The van der Waals surface area contributed by atoms with Crippen molar-refractivity contribution in [3.63, 3.8) is 0 Å². The predicted octanol–water partition coefficient (Wildman–Crippen LogP) is 6.39. The number of fused-ring (bicyclic) bond motifs is 1. The van der Waals surface area contributed by atoms with E-state index in [-0.39, 0.29) is 28.4 Å². The summed E-state index contributed by atoms with van der Waals surface area (Å²) in [6, 6.07) is 17.1. The van der Waals surface area contributed by atoms with E-state index in [9.17, 15) is 27.9 Å². The predicted molar refractivity (Wildman–Crippen MR) is 131 cm³/mol. The topological polar surface area (TPSA) is 87.7 Å². The second-order valence-electron chi connectivity index (χ2n) is 8.01. The first-order valence-electron chi connectivity index (χ1n) is 10.8. The fourth-order valence-electron chi connectivity index (χ4n) is 3.78. The molecule has 0 heterocycles. The van der Waals surface area contributed by atoms with Crippen molar-refractivity contribution in [2.24, 2.45) is 0 Å². The van der Waals surface area contributed by atoms with Crippen LogP contribution < -0.4 is 15.4 Å². The van der Waals surface area contributed by atoms with E-state index in [2.05, 4.69) is 10.6 Å². The maximum absolute atomic E-state index is 13.2. The maximum atomic E-state index is 13.2. The second-order valence-corrected chi connectivity index (χ2v) is 8.01. The summed E-state index contributed by atoms with van der Waals surface area (Å²) in [5, 5.41) is 16.5. The lowest BCUT2D eigenvalue weighted by molar-refractivity contribution is -0.136. The fourth-order valence-corrected chi connectivity index (χ4v) is 3.78. The van der Waals surface area contributed by atoms with Gasteiger partial charge >= 0.3 is 6.18 Å². The average molecular weight is 494 g/mol. The summed E-state index contributed by atoms with van der Waals surface area (Å²) in [5.41, 5.74) is 0.0498. The number of hydrogen-bond donors (Lipinski definition) is 3. The molecule has 4 aromatic carbocycles. The maximum Gasteiger partial charge on any atom is 0.418 e. The van der Waals surface area contributed by atoms with E-state index in [1.165, 1.54) is 43.5 Å². The van der Waals surface area contributed by atoms with E-state index >= 15 is 0 Å². The van der Waals surface area contributed by atoms with E-state index in [1.807, 2.05) is 0 Å². The Kier molecular flexibility index (Phi) is 6.57. The Hall–Kier alpha value is -4.53. The van der Waals surface area contributed by atoms with Crippen molar-refractivity contribution in [3.8, 4) is 11.5 Å². The molecule has 9 heteroatoms. The molecule has 0 radical (unpaired) electrons. The largest absolute Gasteiger partial charge is 0.508 e. The summed E-state index contributed by atoms with van der Waals surface area (Å²) in [6.07, 6.45) is -4.63. The molecule has 0 aliphatic carbocycles. The first-order chi connectivity index (χ1) is 17.1. The Morgan fingerprint density at radius 2 is 1.47 bits per heavy atom. The Morgan fingerprint density at radius 3 is 2.17 bits per heavy atom. The molecule has 0 saturated heterocycles. The highest BCUT2D eigenvalue weighted by atomic mass is 19.4. The molecule has 4 aromatic rings. The summed E-state index contributed by atoms with van der Waals surface area (Å²) in [6.45, 7) is 1.78. The number of anilines is 2. The van der Waals surface area contributed by atoms with Crippen LogP contribution in [0, 0.1) is 6.92 Å². The molecular formula is C27H21F3N2O4. The van der Waals surface area contributed by atoms with Gasteiger partial charge in [-0.05, 0) is 71.8 Å². The lowest BCUT2D eigenvalue weighted by Crippen LogP contribution is -2.17. The van der Waals surface area contributed by atoms with Gasteiger partial charge < -0.3 is 20.5 Å². The third-order valence-electron chi connectivity index (χ3n) is 5.72. The van der Waals surface area contributed by atoms with Gasteiger partial charge in [0.05, 0.1) is 24.0 Å². The molecule has 0 aliphatic heterocycles. The summed E-state index contributed by atoms with van der Waals surface area (Å²) in [7, 11) is 1.34. The molecule has 0 saturated carbocycles. The average Bonchev–Trinajstić information content (AvgIpc) is 2.86. The molecule has 0 unspecified atom stereocenters. The number of carbonyl (C=O) groups is 2. The molecule has 0 aromatic heterocycles. The molecular weight excluding hydrogens is 473 g/mol. The van der Waals surface area contributed by atoms with Gasteiger partial charge in [0.25, 0.3) is 11.8 Å². The van der Waals surface area contributed by atoms with Gasteiger partial charge in [-0.1, -0.05) is 24.3 Å². The van der Waals surface area contributed by atoms with Gasteiger partial charge in [-0.15, -0.1) is 0 Å². The third kappa shape index (κ3) is 4.95. The molecule has 3 N–H and O–H groups in total. The van der Waals surface area contributed by atoms with Crippen molar-refractivity contribution in [1.82, 2.24) is 0 Å². The van der Waals surface area contributed by atoms with E-state index in [0.29, 0.717) is 11.1 Å². The normalized spacial score (nSPS) is 11.2. The molecule has 0 fully saturated rings. The van der Waals surface area contributed by atoms with E-state index in [1.54, 1.807) is 37.3 Å². The highest BCUT2D eigenvalue weighted by Crippen LogP contribution is 2.35. The number of rotatable bonds is 5. The monoisotopic (exact) mass is 494 g/mol. The van der Waals surface area contributed by atoms with Crippen LogP contribution in [0.2, 0.25) is 0 Å². The van der Waals surface area contributed by atoms with Gasteiger partial charge in [-0.2, -0.15) is 13.2 Å². The van der Waals surface area contributed by atoms with Gasteiger partial charge in [0.15, 0.2) is 0 Å².